The zero-order chi connectivity index (χ0) is 11.3. The fraction of sp³-hybridized carbons (Fsp3) is 0.333. The van der Waals surface area contributed by atoms with Crippen molar-refractivity contribution in [3.05, 3.63) is 41.4 Å². The van der Waals surface area contributed by atoms with Crippen molar-refractivity contribution in [3.63, 3.8) is 0 Å². The van der Waals surface area contributed by atoms with Gasteiger partial charge in [0.2, 0.25) is 0 Å². The third kappa shape index (κ3) is 3.26. The lowest BCUT2D eigenvalue weighted by molar-refractivity contribution is 0.267. The van der Waals surface area contributed by atoms with Gasteiger partial charge in [0.05, 0.1) is 5.02 Å². The zero-order valence-electron chi connectivity index (χ0n) is 8.87. The Morgan fingerprint density at radius 1 is 1.60 bits per heavy atom. The molecule has 3 heteroatoms. The first-order valence-electron chi connectivity index (χ1n) is 4.95. The van der Waals surface area contributed by atoms with Gasteiger partial charge in [0.1, 0.15) is 11.9 Å². The number of hydrogen-bond acceptors (Lipinski definition) is 2. The summed E-state index contributed by atoms with van der Waals surface area (Å²) in [6, 6.07) is 5.69. The lowest BCUT2D eigenvalue weighted by atomic mass is 10.1. The summed E-state index contributed by atoms with van der Waals surface area (Å²) in [6.07, 6.45) is 2.44. The summed E-state index contributed by atoms with van der Waals surface area (Å²) in [5, 5.41) is 0.620. The molecular weight excluding hydrogens is 210 g/mol. The van der Waals surface area contributed by atoms with Crippen molar-refractivity contribution in [1.82, 2.24) is 0 Å². The summed E-state index contributed by atoms with van der Waals surface area (Å²) in [6.45, 7) is 6.17. The highest BCUT2D eigenvalue weighted by Gasteiger charge is 2.09. The van der Waals surface area contributed by atoms with Gasteiger partial charge in [0, 0.05) is 0 Å². The Kier molecular flexibility index (Phi) is 4.66. The van der Waals surface area contributed by atoms with Gasteiger partial charge in [-0.3, -0.25) is 0 Å². The van der Waals surface area contributed by atoms with Crippen LogP contribution in [0.4, 0.5) is 0 Å². The smallest absolute Gasteiger partial charge is 0.142 e. The first-order valence-corrected chi connectivity index (χ1v) is 5.33. The first kappa shape index (κ1) is 12.1. The normalized spacial score (nSPS) is 12.2. The third-order valence-corrected chi connectivity index (χ3v) is 2.40. The van der Waals surface area contributed by atoms with Crippen LogP contribution in [0, 0.1) is 0 Å². The van der Waals surface area contributed by atoms with Crippen LogP contribution >= 0.6 is 11.6 Å². The van der Waals surface area contributed by atoms with Crippen molar-refractivity contribution < 1.29 is 4.74 Å². The van der Waals surface area contributed by atoms with E-state index in [4.69, 9.17) is 22.1 Å². The van der Waals surface area contributed by atoms with Crippen LogP contribution in [0.2, 0.25) is 5.02 Å². The summed E-state index contributed by atoms with van der Waals surface area (Å²) in [4.78, 5) is 0. The molecule has 0 bridgehead atoms. The molecule has 0 heterocycles. The van der Waals surface area contributed by atoms with E-state index in [0.29, 0.717) is 11.6 Å². The molecule has 0 saturated heterocycles. The number of nitrogens with two attached hydrogens (primary N) is 1. The lowest BCUT2D eigenvalue weighted by Crippen LogP contribution is -2.11. The Bertz CT molecular complexity index is 338. The van der Waals surface area contributed by atoms with E-state index in [-0.39, 0.29) is 6.10 Å². The number of halogens is 1. The Hall–Kier alpha value is -0.990. The predicted octanol–water partition coefficient (Wildman–Crippen LogP) is 2.79. The van der Waals surface area contributed by atoms with Gasteiger partial charge in [-0.15, -0.1) is 0 Å². The Morgan fingerprint density at radius 2 is 2.33 bits per heavy atom. The minimum Gasteiger partial charge on any atom is -0.485 e. The lowest BCUT2D eigenvalue weighted by Gasteiger charge is -2.15. The molecule has 2 N–H and O–H groups in total. The summed E-state index contributed by atoms with van der Waals surface area (Å²) >= 11 is 6.07. The second kappa shape index (κ2) is 5.79. The molecule has 0 saturated carbocycles. The minimum atomic E-state index is -0.0542. The molecule has 15 heavy (non-hydrogen) atoms. The van der Waals surface area contributed by atoms with Gasteiger partial charge in [-0.1, -0.05) is 36.4 Å². The summed E-state index contributed by atoms with van der Waals surface area (Å²) in [7, 11) is 0. The number of rotatable bonds is 5. The molecule has 0 aromatic heterocycles. The third-order valence-electron chi connectivity index (χ3n) is 2.10. The second-order valence-electron chi connectivity index (χ2n) is 3.33. The molecule has 0 amide bonds. The largest absolute Gasteiger partial charge is 0.485 e. The van der Waals surface area contributed by atoms with Gasteiger partial charge in [-0.2, -0.15) is 0 Å². The van der Waals surface area contributed by atoms with Crippen LogP contribution in [-0.2, 0) is 6.42 Å². The van der Waals surface area contributed by atoms with Gasteiger partial charge in [0.25, 0.3) is 0 Å². The summed E-state index contributed by atoms with van der Waals surface area (Å²) < 4.78 is 5.67. The van der Waals surface area contributed by atoms with Crippen LogP contribution in [0.5, 0.6) is 5.75 Å². The van der Waals surface area contributed by atoms with Crippen LogP contribution < -0.4 is 10.5 Å². The maximum Gasteiger partial charge on any atom is 0.142 e. The van der Waals surface area contributed by atoms with Crippen LogP contribution in [0.3, 0.4) is 0 Å². The number of para-hydroxylation sites is 1. The van der Waals surface area contributed by atoms with E-state index in [1.807, 2.05) is 25.1 Å². The van der Waals surface area contributed by atoms with E-state index in [1.165, 1.54) is 0 Å². The zero-order valence-corrected chi connectivity index (χ0v) is 9.63. The van der Waals surface area contributed by atoms with Crippen molar-refractivity contribution in [2.75, 3.05) is 6.54 Å². The minimum absolute atomic E-state index is 0.0542. The Labute approximate surface area is 95.7 Å². The predicted molar refractivity (Wildman–Crippen MR) is 64.5 cm³/mol. The van der Waals surface area contributed by atoms with Crippen molar-refractivity contribution in [3.8, 4) is 5.75 Å². The molecule has 1 atom stereocenters. The van der Waals surface area contributed by atoms with Gasteiger partial charge in [0.15, 0.2) is 0 Å². The molecule has 0 fully saturated rings. The summed E-state index contributed by atoms with van der Waals surface area (Å²) in [5.41, 5.74) is 6.56. The van der Waals surface area contributed by atoms with Gasteiger partial charge in [-0.25, -0.2) is 0 Å². The quantitative estimate of drug-likeness (QED) is 0.783. The monoisotopic (exact) mass is 225 g/mol. The Morgan fingerprint density at radius 3 is 2.93 bits per heavy atom. The fourth-order valence-electron chi connectivity index (χ4n) is 1.27. The average Bonchev–Trinajstić information content (AvgIpc) is 2.23. The van der Waals surface area contributed by atoms with E-state index < -0.39 is 0 Å². The van der Waals surface area contributed by atoms with Crippen molar-refractivity contribution in [2.45, 2.75) is 19.4 Å². The fourth-order valence-corrected chi connectivity index (χ4v) is 1.51. The second-order valence-corrected chi connectivity index (χ2v) is 3.73. The molecule has 1 aromatic carbocycles. The number of benzene rings is 1. The van der Waals surface area contributed by atoms with E-state index in [0.717, 1.165) is 17.7 Å². The molecule has 0 aliphatic carbocycles. The summed E-state index contributed by atoms with van der Waals surface area (Å²) in [5.74, 6) is 0.719. The topological polar surface area (TPSA) is 35.2 Å². The van der Waals surface area contributed by atoms with E-state index in [9.17, 15) is 0 Å². The van der Waals surface area contributed by atoms with Gasteiger partial charge in [-0.05, 0) is 31.5 Å². The van der Waals surface area contributed by atoms with Crippen molar-refractivity contribution in [1.29, 1.82) is 0 Å². The van der Waals surface area contributed by atoms with E-state index >= 15 is 0 Å². The molecule has 0 spiro atoms. The SMILES string of the molecule is C=CC(C)Oc1c(Cl)cccc1CCN. The van der Waals surface area contributed by atoms with Crippen molar-refractivity contribution in [2.24, 2.45) is 5.73 Å². The maximum absolute atomic E-state index is 6.07. The molecule has 1 aromatic rings. The molecule has 0 aliphatic rings. The molecule has 2 nitrogen and oxygen atoms in total. The Balaban J connectivity index is 2.96. The number of ether oxygens (including phenoxy) is 1. The van der Waals surface area contributed by atoms with Gasteiger partial charge >= 0.3 is 0 Å². The molecule has 1 rings (SSSR count). The molecule has 1 unspecified atom stereocenters. The molecular formula is C12H16ClNO. The van der Waals surface area contributed by atoms with Crippen LogP contribution in [-0.4, -0.2) is 12.6 Å². The molecule has 0 aliphatic heterocycles. The van der Waals surface area contributed by atoms with Crippen LogP contribution in [0.1, 0.15) is 12.5 Å². The van der Waals surface area contributed by atoms with Crippen LogP contribution in [0.15, 0.2) is 30.9 Å². The highest BCUT2D eigenvalue weighted by Crippen LogP contribution is 2.29. The molecule has 82 valence electrons. The average molecular weight is 226 g/mol. The highest BCUT2D eigenvalue weighted by molar-refractivity contribution is 6.32. The van der Waals surface area contributed by atoms with Gasteiger partial charge < -0.3 is 10.5 Å². The van der Waals surface area contributed by atoms with E-state index in [2.05, 4.69) is 6.58 Å². The first-order chi connectivity index (χ1) is 7.19. The highest BCUT2D eigenvalue weighted by atomic mass is 35.5. The standard InChI is InChI=1S/C12H16ClNO/c1-3-9(2)15-12-10(7-8-14)5-4-6-11(12)13/h3-6,9H,1,7-8,14H2,2H3. The number of hydrogen-bond donors (Lipinski definition) is 1. The molecule has 0 radical (unpaired) electrons. The van der Waals surface area contributed by atoms with E-state index in [1.54, 1.807) is 6.08 Å². The maximum atomic E-state index is 6.07. The van der Waals surface area contributed by atoms with Crippen molar-refractivity contribution >= 4 is 11.6 Å². The van der Waals surface area contributed by atoms with Crippen LogP contribution in [0.25, 0.3) is 0 Å².